The average molecular weight is 206 g/mol. The first-order valence-corrected chi connectivity index (χ1v) is 5.49. The van der Waals surface area contributed by atoms with E-state index in [0.717, 1.165) is 6.42 Å². The van der Waals surface area contributed by atoms with Gasteiger partial charge in [-0.25, -0.2) is 0 Å². The number of hydrogen-bond donors (Lipinski definition) is 0. The second-order valence-electron chi connectivity index (χ2n) is 4.31. The van der Waals surface area contributed by atoms with Crippen LogP contribution in [0.3, 0.4) is 0 Å². The third-order valence-electron chi connectivity index (χ3n) is 3.39. The molecular formula is C15H10O. The van der Waals surface area contributed by atoms with Crippen molar-refractivity contribution in [1.29, 1.82) is 0 Å². The summed E-state index contributed by atoms with van der Waals surface area (Å²) in [6.07, 6.45) is 4.73. The highest BCUT2D eigenvalue weighted by atomic mass is 16.5. The maximum absolute atomic E-state index is 5.48. The molecule has 76 valence electrons. The molecule has 0 N–H and O–H groups in total. The molecule has 1 heterocycles. The number of hydrogen-bond acceptors (Lipinski definition) is 1. The molecule has 16 heavy (non-hydrogen) atoms. The third kappa shape index (κ3) is 0.904. The normalized spacial score (nSPS) is 14.2. The fourth-order valence-corrected chi connectivity index (χ4v) is 2.73. The fourth-order valence-electron chi connectivity index (χ4n) is 2.73. The van der Waals surface area contributed by atoms with E-state index in [1.165, 1.54) is 32.0 Å². The molecule has 0 saturated carbocycles. The minimum atomic E-state index is 1.05. The zero-order chi connectivity index (χ0) is 10.5. The molecule has 1 aliphatic heterocycles. The van der Waals surface area contributed by atoms with Gasteiger partial charge in [-0.1, -0.05) is 36.4 Å². The Kier molecular flexibility index (Phi) is 1.41. The Hall–Kier alpha value is -2.02. The van der Waals surface area contributed by atoms with E-state index in [1.54, 1.807) is 0 Å². The predicted molar refractivity (Wildman–Crippen MR) is 62.6 cm³/mol. The predicted octanol–water partition coefficient (Wildman–Crippen LogP) is 1.38. The van der Waals surface area contributed by atoms with Crippen molar-refractivity contribution in [1.82, 2.24) is 0 Å². The monoisotopic (exact) mass is 206 g/mol. The van der Waals surface area contributed by atoms with Gasteiger partial charge in [-0.2, -0.15) is 0 Å². The third-order valence-corrected chi connectivity index (χ3v) is 3.39. The van der Waals surface area contributed by atoms with Crippen molar-refractivity contribution in [2.45, 2.75) is 6.42 Å². The number of rotatable bonds is 0. The van der Waals surface area contributed by atoms with Gasteiger partial charge in [0.15, 0.2) is 0 Å². The highest BCUT2D eigenvalue weighted by Gasteiger charge is 2.12. The van der Waals surface area contributed by atoms with Crippen molar-refractivity contribution >= 4 is 12.5 Å². The van der Waals surface area contributed by atoms with Crippen LogP contribution in [0, 0.1) is 10.4 Å². The first-order chi connectivity index (χ1) is 7.93. The molecule has 1 nitrogen and oxygen atoms in total. The van der Waals surface area contributed by atoms with E-state index in [9.17, 15) is 0 Å². The van der Waals surface area contributed by atoms with Crippen LogP contribution in [0.2, 0.25) is 0 Å². The standard InChI is InChI=1S/C15H10O/c1-3-10-7-11-4-2-6-13-9-16-8-12(5-1)14(10)15(11)13/h1-6,8-9H,7H2. The molecule has 2 aliphatic rings. The Morgan fingerprint density at radius 3 is 1.88 bits per heavy atom. The quantitative estimate of drug-likeness (QED) is 0.540. The molecule has 0 bridgehead atoms. The van der Waals surface area contributed by atoms with Crippen LogP contribution in [0.25, 0.3) is 12.5 Å². The molecule has 0 atom stereocenters. The van der Waals surface area contributed by atoms with Gasteiger partial charge in [0, 0.05) is 10.4 Å². The van der Waals surface area contributed by atoms with E-state index in [2.05, 4.69) is 36.4 Å². The lowest BCUT2D eigenvalue weighted by atomic mass is 10.1. The minimum absolute atomic E-state index is 1.05. The van der Waals surface area contributed by atoms with Gasteiger partial charge < -0.3 is 4.74 Å². The summed E-state index contributed by atoms with van der Waals surface area (Å²) in [4.78, 5) is 0. The van der Waals surface area contributed by atoms with Crippen molar-refractivity contribution in [3.8, 4) is 0 Å². The van der Waals surface area contributed by atoms with Crippen LogP contribution in [-0.2, 0) is 11.2 Å². The van der Waals surface area contributed by atoms with Crippen molar-refractivity contribution in [2.75, 3.05) is 0 Å². The molecular weight excluding hydrogens is 196 g/mol. The van der Waals surface area contributed by atoms with Crippen molar-refractivity contribution in [3.05, 3.63) is 68.4 Å². The van der Waals surface area contributed by atoms with Gasteiger partial charge in [-0.15, -0.1) is 0 Å². The first kappa shape index (κ1) is 8.17. The number of benzene rings is 2. The maximum Gasteiger partial charge on any atom is 0.0980 e. The SMILES string of the molecule is C1=c2cccc3c2=c2c(cccc2=CO1)C3. The van der Waals surface area contributed by atoms with Crippen LogP contribution >= 0.6 is 0 Å². The van der Waals surface area contributed by atoms with Crippen LogP contribution in [0.4, 0.5) is 0 Å². The summed E-state index contributed by atoms with van der Waals surface area (Å²) in [7, 11) is 0. The molecule has 0 aromatic heterocycles. The van der Waals surface area contributed by atoms with Crippen LogP contribution in [-0.4, -0.2) is 0 Å². The average Bonchev–Trinajstić information content (AvgIpc) is 2.57. The highest BCUT2D eigenvalue weighted by molar-refractivity contribution is 5.44. The summed E-state index contributed by atoms with van der Waals surface area (Å²) in [5.74, 6) is 0. The Morgan fingerprint density at radius 1 is 0.750 bits per heavy atom. The summed E-state index contributed by atoms with van der Waals surface area (Å²) in [6.45, 7) is 0. The summed E-state index contributed by atoms with van der Waals surface area (Å²) in [6, 6.07) is 12.9. The molecule has 2 aromatic carbocycles. The molecule has 2 aromatic rings. The zero-order valence-electron chi connectivity index (χ0n) is 8.73. The van der Waals surface area contributed by atoms with E-state index in [-0.39, 0.29) is 0 Å². The van der Waals surface area contributed by atoms with Crippen LogP contribution in [0.5, 0.6) is 0 Å². The van der Waals surface area contributed by atoms with Gasteiger partial charge in [0.1, 0.15) is 0 Å². The van der Waals surface area contributed by atoms with Gasteiger partial charge in [0.05, 0.1) is 12.5 Å². The maximum atomic E-state index is 5.48. The lowest BCUT2D eigenvalue weighted by Gasteiger charge is -1.96. The molecule has 0 saturated heterocycles. The Labute approximate surface area is 92.6 Å². The van der Waals surface area contributed by atoms with E-state index >= 15 is 0 Å². The van der Waals surface area contributed by atoms with Gasteiger partial charge in [0.25, 0.3) is 0 Å². The van der Waals surface area contributed by atoms with Gasteiger partial charge in [-0.3, -0.25) is 0 Å². The highest BCUT2D eigenvalue weighted by Crippen LogP contribution is 2.16. The van der Waals surface area contributed by atoms with E-state index in [4.69, 9.17) is 4.74 Å². The summed E-state index contributed by atoms with van der Waals surface area (Å²) in [5, 5.41) is 5.11. The molecule has 4 rings (SSSR count). The van der Waals surface area contributed by atoms with Crippen LogP contribution in [0.15, 0.2) is 36.4 Å². The fraction of sp³-hybridized carbons (Fsp3) is 0.0667. The lowest BCUT2D eigenvalue weighted by Crippen LogP contribution is -2.06. The molecule has 0 unspecified atom stereocenters. The van der Waals surface area contributed by atoms with Crippen molar-refractivity contribution in [3.63, 3.8) is 0 Å². The van der Waals surface area contributed by atoms with Crippen molar-refractivity contribution in [2.24, 2.45) is 0 Å². The lowest BCUT2D eigenvalue weighted by molar-refractivity contribution is 0.522. The second kappa shape index (κ2) is 2.76. The molecule has 1 heteroatoms. The summed E-state index contributed by atoms with van der Waals surface area (Å²) < 4.78 is 5.48. The van der Waals surface area contributed by atoms with E-state index < -0.39 is 0 Å². The van der Waals surface area contributed by atoms with Crippen LogP contribution < -0.4 is 10.4 Å². The zero-order valence-corrected chi connectivity index (χ0v) is 8.73. The van der Waals surface area contributed by atoms with Gasteiger partial charge >= 0.3 is 0 Å². The van der Waals surface area contributed by atoms with E-state index in [1.807, 2.05) is 12.5 Å². The second-order valence-corrected chi connectivity index (χ2v) is 4.31. The molecule has 0 amide bonds. The molecule has 0 fully saturated rings. The Bertz CT molecular complexity index is 733. The van der Waals surface area contributed by atoms with E-state index in [0.29, 0.717) is 0 Å². The Balaban J connectivity index is 2.51. The Morgan fingerprint density at radius 2 is 1.31 bits per heavy atom. The van der Waals surface area contributed by atoms with Crippen LogP contribution in [0.1, 0.15) is 11.1 Å². The van der Waals surface area contributed by atoms with Gasteiger partial charge in [0.2, 0.25) is 0 Å². The topological polar surface area (TPSA) is 9.23 Å². The van der Waals surface area contributed by atoms with Gasteiger partial charge in [-0.05, 0) is 28.0 Å². The molecule has 0 spiro atoms. The summed E-state index contributed by atoms with van der Waals surface area (Å²) in [5.41, 5.74) is 2.82. The van der Waals surface area contributed by atoms with Crippen molar-refractivity contribution < 1.29 is 4.74 Å². The largest absolute Gasteiger partial charge is 0.471 e. The smallest absolute Gasteiger partial charge is 0.0980 e. The minimum Gasteiger partial charge on any atom is -0.471 e. The number of ether oxygens (including phenoxy) is 1. The summed E-state index contributed by atoms with van der Waals surface area (Å²) >= 11 is 0. The molecule has 0 radical (unpaired) electrons. The first-order valence-electron chi connectivity index (χ1n) is 5.49. The molecule has 1 aliphatic carbocycles.